The maximum atomic E-state index is 6.24. The zero-order valence-electron chi connectivity index (χ0n) is 10.1. The molecule has 0 saturated heterocycles. The van der Waals surface area contributed by atoms with Crippen molar-refractivity contribution in [1.82, 2.24) is 4.98 Å². The summed E-state index contributed by atoms with van der Waals surface area (Å²) in [4.78, 5) is 4.46. The Morgan fingerprint density at radius 3 is 2.67 bits per heavy atom. The molecule has 2 aromatic rings. The van der Waals surface area contributed by atoms with Crippen molar-refractivity contribution in [1.29, 1.82) is 0 Å². The smallest absolute Gasteiger partial charge is 0.133 e. The van der Waals surface area contributed by atoms with Gasteiger partial charge in [0, 0.05) is 5.39 Å². The fraction of sp³-hybridized carbons (Fsp3) is 0.214. The fourth-order valence-corrected chi connectivity index (χ4v) is 2.47. The van der Waals surface area contributed by atoms with Crippen molar-refractivity contribution in [2.75, 3.05) is 0 Å². The zero-order chi connectivity index (χ0) is 13.3. The third-order valence-electron chi connectivity index (χ3n) is 3.01. The summed E-state index contributed by atoms with van der Waals surface area (Å²) in [5.74, 6) is 0. The maximum Gasteiger partial charge on any atom is 0.133 e. The molecule has 0 radical (unpaired) electrons. The van der Waals surface area contributed by atoms with Crippen LogP contribution in [0.2, 0.25) is 5.15 Å². The van der Waals surface area contributed by atoms with Gasteiger partial charge in [-0.05, 0) is 43.0 Å². The van der Waals surface area contributed by atoms with E-state index < -0.39 is 0 Å². The molecule has 0 aliphatic carbocycles. The van der Waals surface area contributed by atoms with Crippen molar-refractivity contribution in [2.45, 2.75) is 20.3 Å². The van der Waals surface area contributed by atoms with E-state index >= 15 is 0 Å². The number of para-hydroxylation sites is 1. The molecule has 4 heteroatoms. The van der Waals surface area contributed by atoms with Crippen LogP contribution in [0.4, 0.5) is 0 Å². The highest BCUT2D eigenvalue weighted by molar-refractivity contribution is 6.55. The number of benzene rings is 1. The van der Waals surface area contributed by atoms with E-state index in [9.17, 15) is 0 Å². The SMILES string of the molecule is Cc1c(CC=C(Cl)Cl)c(Cl)nc2c(C)cccc12. The van der Waals surface area contributed by atoms with Crippen LogP contribution in [0, 0.1) is 13.8 Å². The average Bonchev–Trinajstić information content (AvgIpc) is 2.30. The minimum absolute atomic E-state index is 0.245. The van der Waals surface area contributed by atoms with E-state index in [1.165, 1.54) is 0 Å². The van der Waals surface area contributed by atoms with Crippen LogP contribution in [-0.4, -0.2) is 4.98 Å². The standard InChI is InChI=1S/C14H12Cl3N/c1-8-4-3-5-10-9(2)11(6-7-12(15)16)14(17)18-13(8)10/h3-5,7H,6H2,1-2H3. The van der Waals surface area contributed by atoms with Crippen LogP contribution in [0.25, 0.3) is 10.9 Å². The first kappa shape index (κ1) is 13.7. The molecular weight excluding hydrogens is 289 g/mol. The summed E-state index contributed by atoms with van der Waals surface area (Å²) in [7, 11) is 0. The van der Waals surface area contributed by atoms with E-state index in [1.54, 1.807) is 6.08 Å². The highest BCUT2D eigenvalue weighted by Crippen LogP contribution is 2.28. The van der Waals surface area contributed by atoms with Crippen molar-refractivity contribution in [3.05, 3.63) is 50.6 Å². The van der Waals surface area contributed by atoms with Crippen molar-refractivity contribution in [3.8, 4) is 0 Å². The van der Waals surface area contributed by atoms with E-state index in [0.29, 0.717) is 11.6 Å². The Kier molecular flexibility index (Phi) is 4.16. The number of allylic oxidation sites excluding steroid dienone is 1. The van der Waals surface area contributed by atoms with Crippen LogP contribution >= 0.6 is 34.8 Å². The van der Waals surface area contributed by atoms with Crippen LogP contribution in [0.15, 0.2) is 28.8 Å². The minimum Gasteiger partial charge on any atom is -0.236 e. The molecule has 2 rings (SSSR count). The highest BCUT2D eigenvalue weighted by atomic mass is 35.5. The van der Waals surface area contributed by atoms with Gasteiger partial charge in [0.1, 0.15) is 9.64 Å². The number of aromatic nitrogens is 1. The predicted octanol–water partition coefficient (Wildman–Crippen LogP) is 5.37. The summed E-state index contributed by atoms with van der Waals surface area (Å²) in [6, 6.07) is 6.10. The van der Waals surface area contributed by atoms with Crippen LogP contribution in [0.5, 0.6) is 0 Å². The quantitative estimate of drug-likeness (QED) is 0.680. The van der Waals surface area contributed by atoms with Gasteiger partial charge in [0.05, 0.1) is 5.52 Å². The number of nitrogens with zero attached hydrogens (tertiary/aromatic N) is 1. The Bertz CT molecular complexity index is 628. The van der Waals surface area contributed by atoms with Gasteiger partial charge in [-0.3, -0.25) is 0 Å². The molecule has 94 valence electrons. The van der Waals surface area contributed by atoms with Crippen molar-refractivity contribution in [2.24, 2.45) is 0 Å². The summed E-state index contributed by atoms with van der Waals surface area (Å²) >= 11 is 17.5. The molecule has 0 saturated carbocycles. The lowest BCUT2D eigenvalue weighted by Crippen LogP contribution is -1.96. The lowest BCUT2D eigenvalue weighted by molar-refractivity contribution is 1.18. The van der Waals surface area contributed by atoms with E-state index in [4.69, 9.17) is 34.8 Å². The predicted molar refractivity (Wildman–Crippen MR) is 79.7 cm³/mol. The van der Waals surface area contributed by atoms with Crippen molar-refractivity contribution >= 4 is 45.7 Å². The molecule has 18 heavy (non-hydrogen) atoms. The third kappa shape index (κ3) is 2.64. The van der Waals surface area contributed by atoms with E-state index in [1.807, 2.05) is 26.0 Å². The average molecular weight is 301 g/mol. The second-order valence-electron chi connectivity index (χ2n) is 4.18. The molecule has 1 heterocycles. The van der Waals surface area contributed by atoms with Crippen LogP contribution in [0.1, 0.15) is 16.7 Å². The van der Waals surface area contributed by atoms with E-state index in [0.717, 1.165) is 27.6 Å². The molecule has 1 nitrogen and oxygen atoms in total. The molecular formula is C14H12Cl3N. The fourth-order valence-electron chi connectivity index (χ4n) is 2.01. The number of rotatable bonds is 2. The van der Waals surface area contributed by atoms with Gasteiger partial charge in [-0.1, -0.05) is 53.0 Å². The molecule has 1 aromatic carbocycles. The molecule has 0 N–H and O–H groups in total. The number of halogens is 3. The van der Waals surface area contributed by atoms with Crippen molar-refractivity contribution < 1.29 is 0 Å². The maximum absolute atomic E-state index is 6.24. The summed E-state index contributed by atoms with van der Waals surface area (Å²) < 4.78 is 0.245. The van der Waals surface area contributed by atoms with Gasteiger partial charge < -0.3 is 0 Å². The minimum atomic E-state index is 0.245. The summed E-state index contributed by atoms with van der Waals surface area (Å²) in [6.45, 7) is 4.07. The first-order chi connectivity index (χ1) is 8.50. The summed E-state index contributed by atoms with van der Waals surface area (Å²) in [6.07, 6.45) is 2.31. The van der Waals surface area contributed by atoms with Gasteiger partial charge in [-0.25, -0.2) is 4.98 Å². The Morgan fingerprint density at radius 1 is 1.28 bits per heavy atom. The number of hydrogen-bond acceptors (Lipinski definition) is 1. The normalized spacial score (nSPS) is 10.7. The number of aryl methyl sites for hydroxylation is 2. The van der Waals surface area contributed by atoms with Gasteiger partial charge in [0.2, 0.25) is 0 Å². The molecule has 0 amide bonds. The van der Waals surface area contributed by atoms with Gasteiger partial charge in [0.25, 0.3) is 0 Å². The number of pyridine rings is 1. The molecule has 0 atom stereocenters. The lowest BCUT2D eigenvalue weighted by atomic mass is 10.0. The van der Waals surface area contributed by atoms with Crippen molar-refractivity contribution in [3.63, 3.8) is 0 Å². The molecule has 0 aliphatic rings. The van der Waals surface area contributed by atoms with Crippen LogP contribution in [-0.2, 0) is 6.42 Å². The second-order valence-corrected chi connectivity index (χ2v) is 5.54. The molecule has 0 aliphatic heterocycles. The molecule has 0 spiro atoms. The monoisotopic (exact) mass is 299 g/mol. The van der Waals surface area contributed by atoms with Crippen LogP contribution in [0.3, 0.4) is 0 Å². The molecule has 0 unspecified atom stereocenters. The first-order valence-corrected chi connectivity index (χ1v) is 6.69. The van der Waals surface area contributed by atoms with Gasteiger partial charge in [-0.2, -0.15) is 0 Å². The second kappa shape index (κ2) is 5.48. The van der Waals surface area contributed by atoms with Crippen LogP contribution < -0.4 is 0 Å². The molecule has 0 bridgehead atoms. The zero-order valence-corrected chi connectivity index (χ0v) is 12.4. The van der Waals surface area contributed by atoms with E-state index in [2.05, 4.69) is 11.1 Å². The molecule has 1 aromatic heterocycles. The summed E-state index contributed by atoms with van der Waals surface area (Å²) in [5.41, 5.74) is 4.16. The number of fused-ring (bicyclic) bond motifs is 1. The third-order valence-corrected chi connectivity index (χ3v) is 3.64. The topological polar surface area (TPSA) is 12.9 Å². The van der Waals surface area contributed by atoms with Gasteiger partial charge >= 0.3 is 0 Å². The Morgan fingerprint density at radius 2 is 2.00 bits per heavy atom. The Hall–Kier alpha value is -0.760. The Labute approximate surface area is 121 Å². The van der Waals surface area contributed by atoms with Gasteiger partial charge in [0.15, 0.2) is 0 Å². The molecule has 0 fully saturated rings. The summed E-state index contributed by atoms with van der Waals surface area (Å²) in [5, 5.41) is 1.63. The largest absolute Gasteiger partial charge is 0.236 e. The Balaban J connectivity index is 2.66. The highest BCUT2D eigenvalue weighted by Gasteiger charge is 2.10. The lowest BCUT2D eigenvalue weighted by Gasteiger charge is -2.11. The van der Waals surface area contributed by atoms with E-state index in [-0.39, 0.29) is 4.49 Å². The first-order valence-electron chi connectivity index (χ1n) is 5.56. The number of hydrogen-bond donors (Lipinski definition) is 0. The van der Waals surface area contributed by atoms with Gasteiger partial charge in [-0.15, -0.1) is 0 Å².